The fraction of sp³-hybridized carbons (Fsp3) is 0.538. The van der Waals surface area contributed by atoms with Gasteiger partial charge in [-0.1, -0.05) is 28.1 Å². The summed E-state index contributed by atoms with van der Waals surface area (Å²) in [7, 11) is -1.74. The van der Waals surface area contributed by atoms with Gasteiger partial charge in [0, 0.05) is 17.6 Å². The summed E-state index contributed by atoms with van der Waals surface area (Å²) < 4.78 is 31.8. The molecule has 0 bridgehead atoms. The predicted octanol–water partition coefficient (Wildman–Crippen LogP) is 2.34. The highest BCUT2D eigenvalue weighted by molar-refractivity contribution is 9.10. The molecule has 0 radical (unpaired) electrons. The summed E-state index contributed by atoms with van der Waals surface area (Å²) in [5, 5.41) is 0. The van der Waals surface area contributed by atoms with Gasteiger partial charge in [0.15, 0.2) is 0 Å². The Balaban J connectivity index is 2.39. The molecule has 0 amide bonds. The molecule has 1 unspecified atom stereocenters. The number of sulfonamides is 1. The van der Waals surface area contributed by atoms with Gasteiger partial charge < -0.3 is 4.74 Å². The first-order valence-electron chi connectivity index (χ1n) is 6.16. The zero-order valence-corrected chi connectivity index (χ0v) is 13.6. The minimum Gasteiger partial charge on any atom is -0.384 e. The van der Waals surface area contributed by atoms with E-state index in [2.05, 4.69) is 20.7 Å². The summed E-state index contributed by atoms with van der Waals surface area (Å²) in [4.78, 5) is 0. The molecule has 0 spiro atoms. The molecule has 0 aliphatic carbocycles. The molecule has 1 atom stereocenters. The van der Waals surface area contributed by atoms with Crippen molar-refractivity contribution in [3.63, 3.8) is 0 Å². The largest absolute Gasteiger partial charge is 0.384 e. The van der Waals surface area contributed by atoms with Crippen molar-refractivity contribution in [2.24, 2.45) is 0 Å². The molecular weight excluding hydrogens is 330 g/mol. The van der Waals surface area contributed by atoms with Gasteiger partial charge in [-0.2, -0.15) is 0 Å². The van der Waals surface area contributed by atoms with Crippen LogP contribution in [0, 0.1) is 0 Å². The van der Waals surface area contributed by atoms with Crippen LogP contribution >= 0.6 is 15.9 Å². The van der Waals surface area contributed by atoms with Crippen molar-refractivity contribution in [3.05, 3.63) is 34.3 Å². The van der Waals surface area contributed by atoms with Gasteiger partial charge in [0.05, 0.1) is 12.4 Å². The zero-order chi connectivity index (χ0) is 14.3. The zero-order valence-electron chi connectivity index (χ0n) is 11.2. The number of rotatable bonds is 8. The van der Waals surface area contributed by atoms with Crippen LogP contribution in [0.5, 0.6) is 0 Å². The normalized spacial score (nSPS) is 13.4. The van der Waals surface area contributed by atoms with Crippen LogP contribution in [0.4, 0.5) is 0 Å². The number of methoxy groups -OCH3 is 1. The number of hydrogen-bond acceptors (Lipinski definition) is 3. The topological polar surface area (TPSA) is 55.4 Å². The van der Waals surface area contributed by atoms with E-state index in [1.54, 1.807) is 0 Å². The van der Waals surface area contributed by atoms with Crippen LogP contribution in [-0.2, 0) is 21.2 Å². The van der Waals surface area contributed by atoms with Gasteiger partial charge in [-0.25, -0.2) is 13.1 Å². The second-order valence-corrected chi connectivity index (χ2v) is 7.28. The maximum Gasteiger partial charge on any atom is 0.214 e. The van der Waals surface area contributed by atoms with E-state index in [9.17, 15) is 8.42 Å². The Bertz CT molecular complexity index is 473. The molecule has 0 heterocycles. The van der Waals surface area contributed by atoms with Gasteiger partial charge in [0.25, 0.3) is 0 Å². The highest BCUT2D eigenvalue weighted by atomic mass is 79.9. The molecule has 0 saturated heterocycles. The predicted molar refractivity (Wildman–Crippen MR) is 80.7 cm³/mol. The molecule has 0 aliphatic rings. The van der Waals surface area contributed by atoms with Crippen LogP contribution in [0.15, 0.2) is 28.7 Å². The molecule has 0 saturated carbocycles. The van der Waals surface area contributed by atoms with Crippen LogP contribution in [0.1, 0.15) is 18.9 Å². The fourth-order valence-corrected chi connectivity index (χ4v) is 3.15. The monoisotopic (exact) mass is 349 g/mol. The van der Waals surface area contributed by atoms with Gasteiger partial charge in [-0.3, -0.25) is 0 Å². The first-order chi connectivity index (χ1) is 8.93. The molecule has 0 aliphatic heterocycles. The van der Waals surface area contributed by atoms with Crippen LogP contribution in [0.3, 0.4) is 0 Å². The summed E-state index contributed by atoms with van der Waals surface area (Å²) in [6, 6.07) is 7.98. The van der Waals surface area contributed by atoms with Crippen LogP contribution < -0.4 is 4.72 Å². The quantitative estimate of drug-likeness (QED) is 0.783. The Morgan fingerprint density at radius 3 is 2.53 bits per heavy atom. The van der Waals surface area contributed by atoms with E-state index in [1.807, 2.05) is 31.2 Å². The Morgan fingerprint density at radius 1 is 1.32 bits per heavy atom. The third kappa shape index (κ3) is 7.06. The second kappa shape index (κ2) is 7.99. The average molecular weight is 350 g/mol. The lowest BCUT2D eigenvalue weighted by Crippen LogP contribution is -2.35. The van der Waals surface area contributed by atoms with Crippen molar-refractivity contribution >= 4 is 26.0 Å². The lowest BCUT2D eigenvalue weighted by atomic mass is 10.1. The molecule has 1 aromatic carbocycles. The fourth-order valence-electron chi connectivity index (χ4n) is 1.65. The number of benzene rings is 1. The molecule has 1 N–H and O–H groups in total. The van der Waals surface area contributed by atoms with E-state index in [-0.39, 0.29) is 18.4 Å². The molecule has 0 aromatic heterocycles. The van der Waals surface area contributed by atoms with Crippen LogP contribution in [0.25, 0.3) is 0 Å². The first kappa shape index (κ1) is 16.6. The van der Waals surface area contributed by atoms with E-state index in [4.69, 9.17) is 4.74 Å². The Hall–Kier alpha value is -0.430. The van der Waals surface area contributed by atoms with Gasteiger partial charge in [-0.15, -0.1) is 0 Å². The van der Waals surface area contributed by atoms with Gasteiger partial charge in [0.2, 0.25) is 10.0 Å². The molecule has 0 fully saturated rings. The summed E-state index contributed by atoms with van der Waals surface area (Å²) in [6.07, 6.45) is 1.62. The third-order valence-corrected chi connectivity index (χ3v) is 4.71. The number of ether oxygens (including phenoxy) is 1. The van der Waals surface area contributed by atoms with Crippen molar-refractivity contribution < 1.29 is 13.2 Å². The van der Waals surface area contributed by atoms with Crippen molar-refractivity contribution in [1.29, 1.82) is 0 Å². The standard InChI is InChI=1S/C13H20BrNO3S/c1-11(15-19(16,17)10-9-18-2)3-4-12-5-7-13(14)8-6-12/h5-8,11,15H,3-4,9-10H2,1-2H3. The summed E-state index contributed by atoms with van der Waals surface area (Å²) in [5.41, 5.74) is 1.20. The Morgan fingerprint density at radius 2 is 1.95 bits per heavy atom. The van der Waals surface area contributed by atoms with Gasteiger partial charge in [0.1, 0.15) is 0 Å². The van der Waals surface area contributed by atoms with E-state index in [0.717, 1.165) is 17.3 Å². The molecule has 108 valence electrons. The Labute approximate surface area is 123 Å². The summed E-state index contributed by atoms with van der Waals surface area (Å²) >= 11 is 3.39. The molecule has 6 heteroatoms. The van der Waals surface area contributed by atoms with Crippen molar-refractivity contribution in [3.8, 4) is 0 Å². The number of halogens is 1. The summed E-state index contributed by atoms with van der Waals surface area (Å²) in [5.74, 6) is 0.00608. The average Bonchev–Trinajstić information content (AvgIpc) is 2.35. The summed E-state index contributed by atoms with van der Waals surface area (Å²) in [6.45, 7) is 2.10. The van der Waals surface area contributed by atoms with Crippen molar-refractivity contribution in [2.45, 2.75) is 25.8 Å². The van der Waals surface area contributed by atoms with E-state index in [1.165, 1.54) is 12.7 Å². The van der Waals surface area contributed by atoms with E-state index < -0.39 is 10.0 Å². The number of aryl methyl sites for hydroxylation is 1. The lowest BCUT2D eigenvalue weighted by molar-refractivity contribution is 0.216. The van der Waals surface area contributed by atoms with Crippen molar-refractivity contribution in [1.82, 2.24) is 4.72 Å². The van der Waals surface area contributed by atoms with E-state index >= 15 is 0 Å². The molecule has 1 aromatic rings. The molecule has 4 nitrogen and oxygen atoms in total. The van der Waals surface area contributed by atoms with Gasteiger partial charge in [-0.05, 0) is 37.5 Å². The van der Waals surface area contributed by atoms with E-state index in [0.29, 0.717) is 0 Å². The number of hydrogen-bond donors (Lipinski definition) is 1. The first-order valence-corrected chi connectivity index (χ1v) is 8.61. The lowest BCUT2D eigenvalue weighted by Gasteiger charge is -2.14. The highest BCUT2D eigenvalue weighted by Crippen LogP contribution is 2.12. The minimum atomic E-state index is -3.24. The SMILES string of the molecule is COCCS(=O)(=O)NC(C)CCc1ccc(Br)cc1. The number of nitrogens with one attached hydrogen (secondary N) is 1. The second-order valence-electron chi connectivity index (χ2n) is 4.50. The highest BCUT2D eigenvalue weighted by Gasteiger charge is 2.13. The Kier molecular flexibility index (Phi) is 6.99. The molecule has 1 rings (SSSR count). The minimum absolute atomic E-state index is 0.00608. The maximum absolute atomic E-state index is 11.7. The third-order valence-electron chi connectivity index (χ3n) is 2.72. The van der Waals surface area contributed by atoms with Gasteiger partial charge >= 0.3 is 0 Å². The maximum atomic E-state index is 11.7. The van der Waals surface area contributed by atoms with Crippen LogP contribution in [0.2, 0.25) is 0 Å². The molecule has 19 heavy (non-hydrogen) atoms. The van der Waals surface area contributed by atoms with Crippen molar-refractivity contribution in [2.75, 3.05) is 19.5 Å². The van der Waals surface area contributed by atoms with Crippen LogP contribution in [-0.4, -0.2) is 33.9 Å². The molecular formula is C13H20BrNO3S. The smallest absolute Gasteiger partial charge is 0.214 e.